The van der Waals surface area contributed by atoms with Crippen LogP contribution in [0.3, 0.4) is 0 Å². The molecule has 0 rings (SSSR count). The van der Waals surface area contributed by atoms with E-state index >= 15 is 0 Å². The third-order valence-corrected chi connectivity index (χ3v) is 1.07. The zero-order valence-electron chi connectivity index (χ0n) is 8.48. The maximum absolute atomic E-state index is 5.50. The Balaban J connectivity index is 0. The molecule has 0 aromatic carbocycles. The lowest BCUT2D eigenvalue weighted by Gasteiger charge is -2.06. The number of rotatable bonds is 3. The molecule has 70 valence electrons. The number of hydrogen-bond acceptors (Lipinski definition) is 2. The van der Waals surface area contributed by atoms with Gasteiger partial charge in [0.15, 0.2) is 0 Å². The fourth-order valence-electron chi connectivity index (χ4n) is 0.631. The van der Waals surface area contributed by atoms with Crippen LogP contribution in [-0.2, 0) is 4.74 Å². The monoisotopic (exact) mass is 169 g/mol. The first kappa shape index (κ1) is 13.4. The Morgan fingerprint density at radius 3 is 1.92 bits per heavy atom. The predicted octanol–water partition coefficient (Wildman–Crippen LogP) is 2.59. The molecule has 0 aliphatic carbocycles. The second kappa shape index (κ2) is 7.92. The first-order valence-electron chi connectivity index (χ1n) is 3.95. The predicted molar refractivity (Wildman–Crippen MR) is 54.6 cm³/mol. The highest BCUT2D eigenvalue weighted by atomic mass is 16.5. The van der Waals surface area contributed by atoms with Crippen molar-refractivity contribution in [1.29, 1.82) is 0 Å². The van der Waals surface area contributed by atoms with Crippen LogP contribution >= 0.6 is 0 Å². The molecule has 0 atom stereocenters. The summed E-state index contributed by atoms with van der Waals surface area (Å²) in [6, 6.07) is 0. The second-order valence-corrected chi connectivity index (χ2v) is 1.97. The van der Waals surface area contributed by atoms with Gasteiger partial charge in [-0.2, -0.15) is 0 Å². The molecule has 0 spiro atoms. The maximum Gasteiger partial charge on any atom is 0.144 e. The van der Waals surface area contributed by atoms with E-state index in [4.69, 9.17) is 10.5 Å². The molecule has 0 aliphatic rings. The molecule has 0 fully saturated rings. The van der Waals surface area contributed by atoms with Gasteiger partial charge in [0, 0.05) is 0 Å². The van der Waals surface area contributed by atoms with E-state index in [1.165, 1.54) is 6.08 Å². The molecule has 0 aromatic heterocycles. The Hall–Kier alpha value is -1.18. The average Bonchev–Trinajstić information content (AvgIpc) is 2.08. The summed E-state index contributed by atoms with van der Waals surface area (Å²) in [7, 11) is 1.56. The number of ether oxygens (including phenoxy) is 1. The van der Waals surface area contributed by atoms with Gasteiger partial charge >= 0.3 is 0 Å². The fraction of sp³-hybridized carbons (Fsp3) is 0.400. The van der Waals surface area contributed by atoms with Crippen molar-refractivity contribution < 1.29 is 4.74 Å². The van der Waals surface area contributed by atoms with Crippen LogP contribution in [0.4, 0.5) is 0 Å². The number of nitrogens with two attached hydrogens (primary N) is 1. The molecule has 2 N–H and O–H groups in total. The zero-order chi connectivity index (χ0) is 10.1. The highest BCUT2D eigenvalue weighted by Gasteiger charge is 1.99. The molecule has 0 saturated carbocycles. The minimum Gasteiger partial charge on any atom is -0.494 e. The zero-order valence-corrected chi connectivity index (χ0v) is 8.48. The molecule has 0 heterocycles. The number of methoxy groups -OCH3 is 1. The van der Waals surface area contributed by atoms with Crippen LogP contribution in [0.15, 0.2) is 36.3 Å². The van der Waals surface area contributed by atoms with Gasteiger partial charge in [-0.25, -0.2) is 0 Å². The van der Waals surface area contributed by atoms with Crippen LogP contribution in [0, 0.1) is 0 Å². The van der Waals surface area contributed by atoms with E-state index in [1.807, 2.05) is 20.8 Å². The molecular weight excluding hydrogens is 150 g/mol. The lowest BCUT2D eigenvalue weighted by Crippen LogP contribution is -2.01. The summed E-state index contributed by atoms with van der Waals surface area (Å²) in [5.41, 5.74) is 6.83. The van der Waals surface area contributed by atoms with E-state index in [2.05, 4.69) is 13.2 Å². The van der Waals surface area contributed by atoms with Crippen LogP contribution in [0.1, 0.15) is 20.8 Å². The Morgan fingerprint density at radius 1 is 1.42 bits per heavy atom. The van der Waals surface area contributed by atoms with Crippen LogP contribution in [0.2, 0.25) is 0 Å². The third-order valence-electron chi connectivity index (χ3n) is 1.07. The highest BCUT2D eigenvalue weighted by Crippen LogP contribution is 2.09. The summed E-state index contributed by atoms with van der Waals surface area (Å²) in [5.74, 6) is 0.606. The van der Waals surface area contributed by atoms with E-state index in [-0.39, 0.29) is 0 Å². The standard InChI is InChI=1S/C8H13NO.C2H6/c1-5-7(9)8(10-4)6(2)3;1-2/h5H,1-2,9H2,3-4H3;1-2H3/b8-7-;. The third kappa shape index (κ3) is 4.61. The van der Waals surface area contributed by atoms with Crippen molar-refractivity contribution in [2.24, 2.45) is 5.73 Å². The molecule has 0 unspecified atom stereocenters. The van der Waals surface area contributed by atoms with Crippen LogP contribution in [-0.4, -0.2) is 7.11 Å². The van der Waals surface area contributed by atoms with E-state index in [1.54, 1.807) is 7.11 Å². The minimum atomic E-state index is 0.523. The van der Waals surface area contributed by atoms with Crippen molar-refractivity contribution in [3.05, 3.63) is 36.3 Å². The van der Waals surface area contributed by atoms with Gasteiger partial charge in [-0.15, -0.1) is 0 Å². The summed E-state index contributed by atoms with van der Waals surface area (Å²) in [4.78, 5) is 0. The summed E-state index contributed by atoms with van der Waals surface area (Å²) < 4.78 is 4.95. The van der Waals surface area contributed by atoms with Crippen molar-refractivity contribution in [3.8, 4) is 0 Å². The topological polar surface area (TPSA) is 35.2 Å². The van der Waals surface area contributed by atoms with Crippen LogP contribution in [0.5, 0.6) is 0 Å². The summed E-state index contributed by atoms with van der Waals surface area (Å²) >= 11 is 0. The molecule has 0 aromatic rings. The van der Waals surface area contributed by atoms with E-state index in [9.17, 15) is 0 Å². The average molecular weight is 169 g/mol. The number of allylic oxidation sites excluding steroid dienone is 2. The van der Waals surface area contributed by atoms with Crippen LogP contribution in [0.25, 0.3) is 0 Å². The lowest BCUT2D eigenvalue weighted by molar-refractivity contribution is 0.297. The molecule has 0 aliphatic heterocycles. The molecule has 2 nitrogen and oxygen atoms in total. The van der Waals surface area contributed by atoms with Gasteiger partial charge in [-0.05, 0) is 18.6 Å². The van der Waals surface area contributed by atoms with Crippen molar-refractivity contribution in [1.82, 2.24) is 0 Å². The quantitative estimate of drug-likeness (QED) is 0.520. The summed E-state index contributed by atoms with van der Waals surface area (Å²) in [6.07, 6.45) is 1.54. The first-order chi connectivity index (χ1) is 5.63. The Kier molecular flexibility index (Phi) is 8.85. The summed E-state index contributed by atoms with van der Waals surface area (Å²) in [5, 5.41) is 0. The van der Waals surface area contributed by atoms with Crippen LogP contribution < -0.4 is 5.73 Å². The lowest BCUT2D eigenvalue weighted by atomic mass is 10.2. The molecule has 0 amide bonds. The van der Waals surface area contributed by atoms with Gasteiger partial charge in [0.2, 0.25) is 0 Å². The number of hydrogen-bond donors (Lipinski definition) is 1. The summed E-state index contributed by atoms with van der Waals surface area (Å²) in [6.45, 7) is 13.0. The van der Waals surface area contributed by atoms with Crippen molar-refractivity contribution >= 4 is 0 Å². The fourth-order valence-corrected chi connectivity index (χ4v) is 0.631. The van der Waals surface area contributed by atoms with Gasteiger partial charge in [0.05, 0.1) is 12.8 Å². The van der Waals surface area contributed by atoms with Gasteiger partial charge in [-0.1, -0.05) is 27.0 Å². The highest BCUT2D eigenvalue weighted by molar-refractivity contribution is 5.30. The van der Waals surface area contributed by atoms with Gasteiger partial charge in [-0.3, -0.25) is 0 Å². The smallest absolute Gasteiger partial charge is 0.144 e. The Bertz CT molecular complexity index is 180. The van der Waals surface area contributed by atoms with E-state index in [0.29, 0.717) is 11.5 Å². The van der Waals surface area contributed by atoms with E-state index < -0.39 is 0 Å². The van der Waals surface area contributed by atoms with Crippen molar-refractivity contribution in [2.45, 2.75) is 20.8 Å². The molecule has 0 saturated heterocycles. The Morgan fingerprint density at radius 2 is 1.83 bits per heavy atom. The molecule has 0 radical (unpaired) electrons. The van der Waals surface area contributed by atoms with Crippen molar-refractivity contribution in [2.75, 3.05) is 7.11 Å². The maximum atomic E-state index is 5.50. The molecule has 12 heavy (non-hydrogen) atoms. The largest absolute Gasteiger partial charge is 0.494 e. The normalized spacial score (nSPS) is 10.3. The first-order valence-corrected chi connectivity index (χ1v) is 3.95. The van der Waals surface area contributed by atoms with Gasteiger partial charge in [0.25, 0.3) is 0 Å². The minimum absolute atomic E-state index is 0.523. The van der Waals surface area contributed by atoms with E-state index in [0.717, 1.165) is 5.57 Å². The molecule has 2 heteroatoms. The van der Waals surface area contributed by atoms with Gasteiger partial charge < -0.3 is 10.5 Å². The Labute approximate surface area is 75.4 Å². The van der Waals surface area contributed by atoms with Crippen molar-refractivity contribution in [3.63, 3.8) is 0 Å². The van der Waals surface area contributed by atoms with Gasteiger partial charge in [0.1, 0.15) is 5.76 Å². The second-order valence-electron chi connectivity index (χ2n) is 1.97. The molecule has 0 bridgehead atoms. The molecular formula is C10H19NO. The SMILES string of the molecule is C=C/C(N)=C(/OC)C(=C)C.CC.